The van der Waals surface area contributed by atoms with Crippen LogP contribution in [-0.2, 0) is 22.6 Å². The molecule has 1 saturated heterocycles. The van der Waals surface area contributed by atoms with Crippen LogP contribution < -0.4 is 4.74 Å². The number of aryl methyl sites for hydroxylation is 1. The molecule has 3 aromatic rings. The van der Waals surface area contributed by atoms with Crippen molar-refractivity contribution in [3.63, 3.8) is 0 Å². The summed E-state index contributed by atoms with van der Waals surface area (Å²) in [4.78, 5) is 24.1. The fourth-order valence-corrected chi connectivity index (χ4v) is 4.77. The number of ether oxygens (including phenoxy) is 1. The van der Waals surface area contributed by atoms with Gasteiger partial charge in [0.15, 0.2) is 0 Å². The van der Waals surface area contributed by atoms with Crippen molar-refractivity contribution in [3.8, 4) is 5.75 Å². The normalized spacial score (nSPS) is 17.8. The molecule has 1 unspecified atom stereocenters. The largest absolute Gasteiger partial charge is 0.489 e. The first kappa shape index (κ1) is 20.7. The summed E-state index contributed by atoms with van der Waals surface area (Å²) in [5, 5.41) is 0. The van der Waals surface area contributed by atoms with Gasteiger partial charge in [0.2, 0.25) is 11.8 Å². The molecule has 5 rings (SSSR count). The van der Waals surface area contributed by atoms with Crippen molar-refractivity contribution >= 4 is 33.5 Å². The van der Waals surface area contributed by atoms with E-state index in [1.54, 1.807) is 0 Å². The van der Waals surface area contributed by atoms with E-state index in [0.717, 1.165) is 39.2 Å². The maximum atomic E-state index is 12.3. The summed E-state index contributed by atoms with van der Waals surface area (Å²) in [5.74, 6) is 0.0760. The molecular weight excluding hydrogens is 466 g/mol. The zero-order valence-electron chi connectivity index (χ0n) is 17.5. The molecule has 5 heteroatoms. The summed E-state index contributed by atoms with van der Waals surface area (Å²) < 4.78 is 7.06. The fourth-order valence-electron chi connectivity index (χ4n) is 4.38. The lowest BCUT2D eigenvalue weighted by Gasteiger charge is -2.20. The van der Waals surface area contributed by atoms with Crippen LogP contribution in [0, 0.1) is 0 Å². The number of nitrogens with zero attached hydrogens (tertiary/aromatic N) is 1. The standard InChI is InChI=1S/C27H22BrNO3/c28-29-26(30)16-25(27(29)31)20-11-9-19(10-12-20)23-8-4-7-21-15-22(13-14-24(21)23)32-17-18-5-2-1-3-6-18/h1-3,5-6,8-15,25H,4,7,16-17H2. The van der Waals surface area contributed by atoms with Crippen LogP contribution in [0.3, 0.4) is 0 Å². The number of fused-ring (bicyclic) bond motifs is 1. The number of carbonyl (C=O) groups excluding carboxylic acids is 2. The number of allylic oxidation sites excluding steroid dienone is 1. The van der Waals surface area contributed by atoms with Gasteiger partial charge in [0.05, 0.1) is 22.1 Å². The maximum absolute atomic E-state index is 12.3. The van der Waals surface area contributed by atoms with Crippen LogP contribution in [-0.4, -0.2) is 15.7 Å². The van der Waals surface area contributed by atoms with Gasteiger partial charge in [-0.25, -0.2) is 3.93 Å². The van der Waals surface area contributed by atoms with Crippen LogP contribution >= 0.6 is 16.1 Å². The Morgan fingerprint density at radius 1 is 0.969 bits per heavy atom. The molecule has 1 aliphatic carbocycles. The van der Waals surface area contributed by atoms with Gasteiger partial charge in [-0.15, -0.1) is 0 Å². The summed E-state index contributed by atoms with van der Waals surface area (Å²) in [6.07, 6.45) is 4.44. The molecule has 4 nitrogen and oxygen atoms in total. The second-order valence-electron chi connectivity index (χ2n) is 8.14. The second-order valence-corrected chi connectivity index (χ2v) is 8.85. The van der Waals surface area contributed by atoms with Gasteiger partial charge >= 0.3 is 0 Å². The number of carbonyl (C=O) groups is 2. The van der Waals surface area contributed by atoms with E-state index in [9.17, 15) is 9.59 Å². The lowest BCUT2D eigenvalue weighted by Crippen LogP contribution is -2.19. The van der Waals surface area contributed by atoms with Gasteiger partial charge in [0.25, 0.3) is 0 Å². The van der Waals surface area contributed by atoms with E-state index in [1.165, 1.54) is 16.7 Å². The van der Waals surface area contributed by atoms with E-state index in [-0.39, 0.29) is 18.2 Å². The first-order chi connectivity index (χ1) is 15.6. The molecule has 0 bridgehead atoms. The van der Waals surface area contributed by atoms with E-state index >= 15 is 0 Å². The van der Waals surface area contributed by atoms with E-state index in [2.05, 4.69) is 46.5 Å². The fraction of sp³-hybridized carbons (Fsp3) is 0.185. The van der Waals surface area contributed by atoms with Gasteiger partial charge in [-0.2, -0.15) is 0 Å². The van der Waals surface area contributed by atoms with Crippen LogP contribution in [0.1, 0.15) is 46.6 Å². The van der Waals surface area contributed by atoms with Gasteiger partial charge in [-0.1, -0.05) is 66.7 Å². The van der Waals surface area contributed by atoms with Gasteiger partial charge in [0, 0.05) is 6.42 Å². The molecule has 0 saturated carbocycles. The predicted molar refractivity (Wildman–Crippen MR) is 127 cm³/mol. The molecule has 3 aromatic carbocycles. The van der Waals surface area contributed by atoms with Gasteiger partial charge in [-0.05, 0) is 58.4 Å². The zero-order chi connectivity index (χ0) is 22.1. The smallest absolute Gasteiger partial charge is 0.247 e. The number of hydrogen-bond acceptors (Lipinski definition) is 3. The zero-order valence-corrected chi connectivity index (χ0v) is 19.0. The van der Waals surface area contributed by atoms with Crippen molar-refractivity contribution in [2.45, 2.75) is 31.8 Å². The number of benzene rings is 3. The highest BCUT2D eigenvalue weighted by molar-refractivity contribution is 9.08. The molecule has 160 valence electrons. The predicted octanol–water partition coefficient (Wildman–Crippen LogP) is 5.80. The Hall–Kier alpha value is -3.18. The molecule has 0 radical (unpaired) electrons. The van der Waals surface area contributed by atoms with Crippen molar-refractivity contribution in [1.82, 2.24) is 3.93 Å². The van der Waals surface area contributed by atoms with Crippen molar-refractivity contribution in [2.24, 2.45) is 0 Å². The third-order valence-electron chi connectivity index (χ3n) is 6.09. The lowest BCUT2D eigenvalue weighted by molar-refractivity contribution is -0.131. The average Bonchev–Trinajstić information content (AvgIpc) is 3.10. The monoisotopic (exact) mass is 487 g/mol. The Morgan fingerprint density at radius 2 is 1.75 bits per heavy atom. The molecule has 2 aliphatic rings. The van der Waals surface area contributed by atoms with Crippen molar-refractivity contribution in [3.05, 3.63) is 107 Å². The minimum absolute atomic E-state index is 0.196. The molecule has 32 heavy (non-hydrogen) atoms. The minimum atomic E-state index is -0.409. The van der Waals surface area contributed by atoms with Gasteiger partial charge in [-0.3, -0.25) is 9.59 Å². The SMILES string of the molecule is O=C1CC(c2ccc(C3=CCCc4cc(OCc5ccccc5)ccc43)cc2)C(=O)N1Br. The summed E-state index contributed by atoms with van der Waals surface area (Å²) in [6, 6.07) is 24.5. The Morgan fingerprint density at radius 3 is 2.47 bits per heavy atom. The number of halogens is 1. The molecule has 0 spiro atoms. The first-order valence-corrected chi connectivity index (χ1v) is 11.4. The van der Waals surface area contributed by atoms with Crippen molar-refractivity contribution in [2.75, 3.05) is 0 Å². The third kappa shape index (κ3) is 4.00. The molecule has 1 fully saturated rings. The first-order valence-electron chi connectivity index (χ1n) is 10.7. The van der Waals surface area contributed by atoms with Crippen LogP contribution in [0.4, 0.5) is 0 Å². The van der Waals surface area contributed by atoms with Crippen LogP contribution in [0.25, 0.3) is 5.57 Å². The number of rotatable bonds is 5. The van der Waals surface area contributed by atoms with Crippen molar-refractivity contribution in [1.29, 1.82) is 0 Å². The summed E-state index contributed by atoms with van der Waals surface area (Å²) in [7, 11) is 0. The van der Waals surface area contributed by atoms with E-state index in [0.29, 0.717) is 6.61 Å². The van der Waals surface area contributed by atoms with Crippen LogP contribution in [0.15, 0.2) is 78.9 Å². The molecule has 0 N–H and O–H groups in total. The quantitative estimate of drug-likeness (QED) is 0.337. The molecular formula is C27H22BrNO3. The highest BCUT2D eigenvalue weighted by Crippen LogP contribution is 2.36. The summed E-state index contributed by atoms with van der Waals surface area (Å²) in [6.45, 7) is 0.554. The molecule has 1 atom stereocenters. The molecule has 2 amide bonds. The summed E-state index contributed by atoms with van der Waals surface area (Å²) in [5.41, 5.74) is 6.83. The number of imide groups is 1. The van der Waals surface area contributed by atoms with Crippen LogP contribution in [0.2, 0.25) is 0 Å². The third-order valence-corrected chi connectivity index (χ3v) is 6.84. The minimum Gasteiger partial charge on any atom is -0.489 e. The second kappa shape index (κ2) is 8.75. The topological polar surface area (TPSA) is 46.6 Å². The Labute approximate surface area is 195 Å². The van der Waals surface area contributed by atoms with E-state index < -0.39 is 5.92 Å². The Kier molecular flexibility index (Phi) is 5.66. The van der Waals surface area contributed by atoms with Crippen molar-refractivity contribution < 1.29 is 14.3 Å². The van der Waals surface area contributed by atoms with E-state index in [4.69, 9.17) is 4.74 Å². The molecule has 0 aromatic heterocycles. The highest BCUT2D eigenvalue weighted by atomic mass is 79.9. The Balaban J connectivity index is 1.34. The summed E-state index contributed by atoms with van der Waals surface area (Å²) >= 11 is 3.05. The molecule has 1 aliphatic heterocycles. The Bertz CT molecular complexity index is 1200. The highest BCUT2D eigenvalue weighted by Gasteiger charge is 2.38. The van der Waals surface area contributed by atoms with Crippen LogP contribution in [0.5, 0.6) is 5.75 Å². The number of amides is 2. The van der Waals surface area contributed by atoms with Gasteiger partial charge < -0.3 is 4.74 Å². The average molecular weight is 488 g/mol. The number of hydrogen-bond donors (Lipinski definition) is 0. The lowest BCUT2D eigenvalue weighted by atomic mass is 9.86. The van der Waals surface area contributed by atoms with E-state index in [1.807, 2.05) is 48.5 Å². The maximum Gasteiger partial charge on any atom is 0.247 e. The molecule has 1 heterocycles. The van der Waals surface area contributed by atoms with Gasteiger partial charge in [0.1, 0.15) is 12.4 Å².